The number of hydrogen-bond donors (Lipinski definition) is 1. The van der Waals surface area contributed by atoms with Crippen molar-refractivity contribution in [1.82, 2.24) is 0 Å². The number of halogens is 1. The Hall–Kier alpha value is -4.91. The lowest BCUT2D eigenvalue weighted by Crippen LogP contribution is -2.29. The topological polar surface area (TPSA) is 76.1 Å². The van der Waals surface area contributed by atoms with Gasteiger partial charge in [0.05, 0.1) is 18.2 Å². The molecule has 1 fully saturated rings. The quantitative estimate of drug-likeness (QED) is 0.139. The van der Waals surface area contributed by atoms with Crippen molar-refractivity contribution in [3.63, 3.8) is 0 Å². The Morgan fingerprint density at radius 1 is 0.902 bits per heavy atom. The van der Waals surface area contributed by atoms with Gasteiger partial charge in [-0.15, -0.1) is 0 Å². The van der Waals surface area contributed by atoms with Crippen LogP contribution in [-0.4, -0.2) is 23.4 Å². The van der Waals surface area contributed by atoms with E-state index in [1.54, 1.807) is 48.5 Å². The van der Waals surface area contributed by atoms with Crippen LogP contribution in [0.25, 0.3) is 5.76 Å². The van der Waals surface area contributed by atoms with Crippen LogP contribution in [0.1, 0.15) is 36.6 Å². The van der Waals surface area contributed by atoms with E-state index in [2.05, 4.69) is 0 Å². The Balaban J connectivity index is 1.62. The van der Waals surface area contributed by atoms with Gasteiger partial charge in [-0.1, -0.05) is 50.2 Å². The average molecular weight is 552 g/mol. The number of aliphatic hydroxyl groups excluding tert-OH is 1. The van der Waals surface area contributed by atoms with Crippen LogP contribution in [0, 0.1) is 18.7 Å². The van der Waals surface area contributed by atoms with E-state index in [1.807, 2.05) is 51.1 Å². The standard InChI is InChI=1S/C34H30FNO5/c1-21(2)20-40-29-16-15-24(17-22(29)3)32(37)30-31(36(34(39)33(30)38)26-11-8-10-25(35)19-26)23-9-7-14-28(18-23)41-27-12-5-4-6-13-27/h4-19,21,31,37H,20H2,1-3H3/b32-30+. The van der Waals surface area contributed by atoms with Crippen molar-refractivity contribution >= 4 is 23.1 Å². The SMILES string of the molecule is Cc1cc(/C(O)=C2\C(=O)C(=O)N(c3cccc(F)c3)C2c2cccc(Oc3ccccc3)c2)ccc1OCC(C)C. The zero-order valence-corrected chi connectivity index (χ0v) is 23.0. The van der Waals surface area contributed by atoms with E-state index < -0.39 is 23.5 Å². The van der Waals surface area contributed by atoms with E-state index in [9.17, 15) is 19.1 Å². The number of nitrogens with zero attached hydrogens (tertiary/aromatic N) is 1. The van der Waals surface area contributed by atoms with E-state index in [-0.39, 0.29) is 17.0 Å². The molecule has 5 rings (SSSR count). The number of rotatable bonds is 8. The molecule has 1 aliphatic rings. The Morgan fingerprint density at radius 3 is 2.34 bits per heavy atom. The first-order valence-corrected chi connectivity index (χ1v) is 13.4. The molecule has 0 saturated carbocycles. The van der Waals surface area contributed by atoms with Crippen molar-refractivity contribution < 1.29 is 28.6 Å². The minimum Gasteiger partial charge on any atom is -0.507 e. The van der Waals surface area contributed by atoms with Crippen molar-refractivity contribution in [2.24, 2.45) is 5.92 Å². The van der Waals surface area contributed by atoms with Crippen LogP contribution >= 0.6 is 0 Å². The van der Waals surface area contributed by atoms with Crippen LogP contribution in [0.2, 0.25) is 0 Å². The van der Waals surface area contributed by atoms with Crippen molar-refractivity contribution in [3.8, 4) is 17.2 Å². The van der Waals surface area contributed by atoms with E-state index in [4.69, 9.17) is 9.47 Å². The third-order valence-corrected chi connectivity index (χ3v) is 6.70. The predicted molar refractivity (Wildman–Crippen MR) is 156 cm³/mol. The van der Waals surface area contributed by atoms with E-state index in [0.717, 1.165) is 5.56 Å². The largest absolute Gasteiger partial charge is 0.507 e. The molecule has 6 nitrogen and oxygen atoms in total. The fourth-order valence-electron chi connectivity index (χ4n) is 4.78. The molecule has 1 atom stereocenters. The highest BCUT2D eigenvalue weighted by molar-refractivity contribution is 6.51. The van der Waals surface area contributed by atoms with Gasteiger partial charge in [-0.05, 0) is 84.6 Å². The first-order chi connectivity index (χ1) is 19.7. The molecular formula is C34H30FNO5. The smallest absolute Gasteiger partial charge is 0.300 e. The molecule has 1 unspecified atom stereocenters. The summed E-state index contributed by atoms with van der Waals surface area (Å²) < 4.78 is 26.1. The molecule has 0 aromatic heterocycles. The number of aliphatic hydroxyl groups is 1. The van der Waals surface area contributed by atoms with Crippen molar-refractivity contribution in [3.05, 3.63) is 125 Å². The molecule has 0 spiro atoms. The molecule has 0 bridgehead atoms. The zero-order valence-electron chi connectivity index (χ0n) is 23.0. The number of benzene rings is 4. The van der Waals surface area contributed by atoms with E-state index in [0.29, 0.717) is 40.9 Å². The number of amides is 1. The molecule has 0 radical (unpaired) electrons. The van der Waals surface area contributed by atoms with Crippen molar-refractivity contribution in [2.75, 3.05) is 11.5 Å². The summed E-state index contributed by atoms with van der Waals surface area (Å²) in [5, 5.41) is 11.5. The van der Waals surface area contributed by atoms with Gasteiger partial charge >= 0.3 is 0 Å². The summed E-state index contributed by atoms with van der Waals surface area (Å²) in [7, 11) is 0. The van der Waals surface area contributed by atoms with Gasteiger partial charge in [0.15, 0.2) is 0 Å². The Kier molecular flexibility index (Phi) is 7.88. The number of anilines is 1. The molecule has 1 heterocycles. The maximum Gasteiger partial charge on any atom is 0.300 e. The van der Waals surface area contributed by atoms with Crippen molar-refractivity contribution in [1.29, 1.82) is 0 Å². The van der Waals surface area contributed by atoms with Gasteiger partial charge < -0.3 is 14.6 Å². The Morgan fingerprint density at radius 2 is 1.63 bits per heavy atom. The van der Waals surface area contributed by atoms with Crippen LogP contribution < -0.4 is 14.4 Å². The minimum absolute atomic E-state index is 0.105. The fraction of sp³-hybridized carbons (Fsp3) is 0.176. The molecule has 41 heavy (non-hydrogen) atoms. The summed E-state index contributed by atoms with van der Waals surface area (Å²) in [5.74, 6) is -0.549. The minimum atomic E-state index is -1.03. The second-order valence-electron chi connectivity index (χ2n) is 10.3. The normalized spacial score (nSPS) is 16.3. The van der Waals surface area contributed by atoms with Crippen molar-refractivity contribution in [2.45, 2.75) is 26.8 Å². The first-order valence-electron chi connectivity index (χ1n) is 13.4. The van der Waals surface area contributed by atoms with Gasteiger partial charge in [0.1, 0.15) is 28.8 Å². The lowest BCUT2D eigenvalue weighted by Gasteiger charge is -2.26. The number of Topliss-reactive ketones (excluding diaryl/α,β-unsaturated/α-hetero) is 1. The zero-order chi connectivity index (χ0) is 29.1. The van der Waals surface area contributed by atoms with Gasteiger partial charge in [0.25, 0.3) is 11.7 Å². The fourth-order valence-corrected chi connectivity index (χ4v) is 4.78. The highest BCUT2D eigenvalue weighted by Gasteiger charge is 2.47. The van der Waals surface area contributed by atoms with Crippen LogP contribution in [0.4, 0.5) is 10.1 Å². The molecule has 4 aromatic carbocycles. The summed E-state index contributed by atoms with van der Waals surface area (Å²) in [6, 6.07) is 25.7. The number of carbonyl (C=O) groups is 2. The summed E-state index contributed by atoms with van der Waals surface area (Å²) in [4.78, 5) is 28.2. The van der Waals surface area contributed by atoms with Crippen LogP contribution in [-0.2, 0) is 9.59 Å². The maximum absolute atomic E-state index is 14.3. The van der Waals surface area contributed by atoms with Gasteiger partial charge in [0.2, 0.25) is 0 Å². The second kappa shape index (κ2) is 11.7. The lowest BCUT2D eigenvalue weighted by molar-refractivity contribution is -0.132. The lowest BCUT2D eigenvalue weighted by atomic mass is 9.94. The predicted octanol–water partition coefficient (Wildman–Crippen LogP) is 7.59. The molecule has 1 saturated heterocycles. The summed E-state index contributed by atoms with van der Waals surface area (Å²) in [5.41, 5.74) is 1.73. The van der Waals surface area contributed by atoms with Gasteiger partial charge in [-0.3, -0.25) is 14.5 Å². The number of ketones is 1. The van der Waals surface area contributed by atoms with Crippen LogP contribution in [0.15, 0.2) is 103 Å². The number of carbonyl (C=O) groups excluding carboxylic acids is 2. The monoisotopic (exact) mass is 551 g/mol. The summed E-state index contributed by atoms with van der Waals surface area (Å²) in [6.07, 6.45) is 0. The summed E-state index contributed by atoms with van der Waals surface area (Å²) in [6.45, 7) is 6.48. The molecule has 1 N–H and O–H groups in total. The first kappa shape index (κ1) is 27.6. The number of aryl methyl sites for hydroxylation is 1. The molecule has 1 amide bonds. The highest BCUT2D eigenvalue weighted by Crippen LogP contribution is 2.43. The van der Waals surface area contributed by atoms with Gasteiger partial charge in [0, 0.05) is 11.3 Å². The average Bonchev–Trinajstić information content (AvgIpc) is 3.22. The molecule has 0 aliphatic carbocycles. The third kappa shape index (κ3) is 5.84. The van der Waals surface area contributed by atoms with Crippen LogP contribution in [0.5, 0.6) is 17.2 Å². The van der Waals surface area contributed by atoms with Gasteiger partial charge in [-0.25, -0.2) is 4.39 Å². The second-order valence-corrected chi connectivity index (χ2v) is 10.3. The number of ether oxygens (including phenoxy) is 2. The highest BCUT2D eigenvalue weighted by atomic mass is 19.1. The third-order valence-electron chi connectivity index (χ3n) is 6.70. The molecule has 4 aromatic rings. The van der Waals surface area contributed by atoms with E-state index in [1.165, 1.54) is 23.1 Å². The number of hydrogen-bond acceptors (Lipinski definition) is 5. The molecule has 208 valence electrons. The summed E-state index contributed by atoms with van der Waals surface area (Å²) >= 11 is 0. The Bertz CT molecular complexity index is 1630. The molecule has 1 aliphatic heterocycles. The maximum atomic E-state index is 14.3. The molecular weight excluding hydrogens is 521 g/mol. The molecule has 7 heteroatoms. The number of para-hydroxylation sites is 1. The van der Waals surface area contributed by atoms with E-state index >= 15 is 0 Å². The van der Waals surface area contributed by atoms with Gasteiger partial charge in [-0.2, -0.15) is 0 Å². The van der Waals surface area contributed by atoms with Crippen LogP contribution in [0.3, 0.4) is 0 Å². The Labute approximate surface area is 238 Å².